The van der Waals surface area contributed by atoms with E-state index in [0.717, 1.165) is 26.9 Å². The van der Waals surface area contributed by atoms with Gasteiger partial charge in [0, 0.05) is 21.5 Å². The van der Waals surface area contributed by atoms with Crippen LogP contribution in [0.25, 0.3) is 5.69 Å². The first-order valence-electron chi connectivity index (χ1n) is 6.24. The van der Waals surface area contributed by atoms with Gasteiger partial charge < -0.3 is 5.32 Å². The number of hydrogen-bond acceptors (Lipinski definition) is 3. The Morgan fingerprint density at radius 2 is 2.00 bits per heavy atom. The van der Waals surface area contributed by atoms with Gasteiger partial charge in [0.05, 0.1) is 17.6 Å². The first-order valence-corrected chi connectivity index (χ1v) is 7.83. The monoisotopic (exact) mass is 384 g/mol. The van der Waals surface area contributed by atoms with E-state index in [4.69, 9.17) is 0 Å². The molecular formula is C13H14Br2N4. The van der Waals surface area contributed by atoms with Crippen LogP contribution in [0.2, 0.25) is 0 Å². The van der Waals surface area contributed by atoms with Gasteiger partial charge in [0.1, 0.15) is 0 Å². The fourth-order valence-electron chi connectivity index (χ4n) is 1.94. The Balaban J connectivity index is 1.85. The van der Waals surface area contributed by atoms with Crippen molar-refractivity contribution in [1.82, 2.24) is 20.3 Å². The Hall–Kier alpha value is -0.720. The van der Waals surface area contributed by atoms with Crippen molar-refractivity contribution in [1.29, 1.82) is 0 Å². The number of aromatic nitrogens is 3. The lowest BCUT2D eigenvalue weighted by atomic mass is 10.2. The molecule has 0 atom stereocenters. The predicted molar refractivity (Wildman–Crippen MR) is 81.4 cm³/mol. The fraction of sp³-hybridized carbons (Fsp3) is 0.385. The highest BCUT2D eigenvalue weighted by Gasteiger charge is 2.20. The van der Waals surface area contributed by atoms with Crippen LogP contribution in [0, 0.1) is 6.92 Å². The average Bonchev–Trinajstić information content (AvgIpc) is 3.05. The third kappa shape index (κ3) is 3.07. The minimum absolute atomic E-state index is 0.683. The van der Waals surface area contributed by atoms with Crippen molar-refractivity contribution in [2.75, 3.05) is 0 Å². The highest BCUT2D eigenvalue weighted by Crippen LogP contribution is 2.30. The molecular weight excluding hydrogens is 372 g/mol. The molecule has 0 spiro atoms. The van der Waals surface area contributed by atoms with E-state index in [1.165, 1.54) is 18.4 Å². The van der Waals surface area contributed by atoms with Crippen LogP contribution in [0.4, 0.5) is 0 Å². The number of aryl methyl sites for hydroxylation is 1. The van der Waals surface area contributed by atoms with E-state index in [9.17, 15) is 0 Å². The van der Waals surface area contributed by atoms with E-state index < -0.39 is 0 Å². The zero-order valence-electron chi connectivity index (χ0n) is 10.5. The van der Waals surface area contributed by atoms with Crippen LogP contribution in [0.3, 0.4) is 0 Å². The summed E-state index contributed by atoms with van der Waals surface area (Å²) in [5.74, 6) is 0. The van der Waals surface area contributed by atoms with Crippen molar-refractivity contribution in [2.24, 2.45) is 0 Å². The topological polar surface area (TPSA) is 42.7 Å². The van der Waals surface area contributed by atoms with E-state index >= 15 is 0 Å². The number of halogens is 2. The molecule has 0 aliphatic heterocycles. The largest absolute Gasteiger partial charge is 0.308 e. The molecule has 0 radical (unpaired) electrons. The van der Waals surface area contributed by atoms with Crippen molar-refractivity contribution in [3.8, 4) is 5.69 Å². The highest BCUT2D eigenvalue weighted by molar-refractivity contribution is 9.11. The minimum Gasteiger partial charge on any atom is -0.308 e. The second-order valence-corrected chi connectivity index (χ2v) is 6.60. The van der Waals surface area contributed by atoms with Crippen LogP contribution >= 0.6 is 31.9 Å². The standard InChI is InChI=1S/C13H14Br2N4/c1-8-4-11(14)13(12(15)5-8)19-7-10(17-18-19)6-16-9-2-3-9/h4-5,7,9,16H,2-3,6H2,1H3. The first kappa shape index (κ1) is 13.3. The van der Waals surface area contributed by atoms with Crippen LogP contribution in [0.15, 0.2) is 27.3 Å². The van der Waals surface area contributed by atoms with Gasteiger partial charge >= 0.3 is 0 Å². The number of nitrogens with one attached hydrogen (secondary N) is 1. The van der Waals surface area contributed by atoms with Crippen LogP contribution in [-0.2, 0) is 6.54 Å². The van der Waals surface area contributed by atoms with Gasteiger partial charge in [-0.05, 0) is 69.3 Å². The van der Waals surface area contributed by atoms with E-state index in [0.29, 0.717) is 6.04 Å². The Morgan fingerprint density at radius 3 is 2.63 bits per heavy atom. The summed E-state index contributed by atoms with van der Waals surface area (Å²) in [7, 11) is 0. The molecule has 1 aromatic heterocycles. The van der Waals surface area contributed by atoms with Gasteiger partial charge in [-0.15, -0.1) is 5.10 Å². The number of hydrogen-bond donors (Lipinski definition) is 1. The molecule has 4 nitrogen and oxygen atoms in total. The van der Waals surface area contributed by atoms with Crippen molar-refractivity contribution < 1.29 is 0 Å². The molecule has 1 fully saturated rings. The molecule has 0 bridgehead atoms. The summed E-state index contributed by atoms with van der Waals surface area (Å²) in [5.41, 5.74) is 3.14. The van der Waals surface area contributed by atoms with Gasteiger partial charge in [-0.3, -0.25) is 0 Å². The van der Waals surface area contributed by atoms with Gasteiger partial charge in [-0.25, -0.2) is 4.68 Å². The lowest BCUT2D eigenvalue weighted by Crippen LogP contribution is -2.15. The zero-order valence-corrected chi connectivity index (χ0v) is 13.7. The van der Waals surface area contributed by atoms with Crippen molar-refractivity contribution >= 4 is 31.9 Å². The van der Waals surface area contributed by atoms with Gasteiger partial charge in [0.15, 0.2) is 0 Å². The summed E-state index contributed by atoms with van der Waals surface area (Å²) in [4.78, 5) is 0. The smallest absolute Gasteiger partial charge is 0.0969 e. The second-order valence-electron chi connectivity index (χ2n) is 4.89. The van der Waals surface area contributed by atoms with Crippen LogP contribution < -0.4 is 5.32 Å². The van der Waals surface area contributed by atoms with Crippen LogP contribution in [-0.4, -0.2) is 21.0 Å². The molecule has 100 valence electrons. The summed E-state index contributed by atoms with van der Waals surface area (Å²) in [6, 6.07) is 4.83. The molecule has 0 amide bonds. The summed E-state index contributed by atoms with van der Waals surface area (Å²) in [6.45, 7) is 2.84. The maximum Gasteiger partial charge on any atom is 0.0969 e. The highest BCUT2D eigenvalue weighted by atomic mass is 79.9. The Labute approximate surface area is 128 Å². The summed E-state index contributed by atoms with van der Waals surface area (Å²) in [5, 5.41) is 11.8. The maximum atomic E-state index is 4.21. The lowest BCUT2D eigenvalue weighted by molar-refractivity contribution is 0.671. The van der Waals surface area contributed by atoms with Crippen LogP contribution in [0.1, 0.15) is 24.1 Å². The normalized spacial score (nSPS) is 14.9. The lowest BCUT2D eigenvalue weighted by Gasteiger charge is -2.07. The number of rotatable bonds is 4. The molecule has 6 heteroatoms. The van der Waals surface area contributed by atoms with Gasteiger partial charge in [0.2, 0.25) is 0 Å². The third-order valence-electron chi connectivity index (χ3n) is 3.08. The Kier molecular flexibility index (Phi) is 3.73. The SMILES string of the molecule is Cc1cc(Br)c(-n2cc(CNC3CC3)nn2)c(Br)c1. The Bertz CT molecular complexity index is 581. The quantitative estimate of drug-likeness (QED) is 0.877. The molecule has 1 heterocycles. The second kappa shape index (κ2) is 5.34. The molecule has 1 saturated carbocycles. The van der Waals surface area contributed by atoms with Gasteiger partial charge in [-0.1, -0.05) is 5.21 Å². The Morgan fingerprint density at radius 1 is 1.32 bits per heavy atom. The number of benzene rings is 1. The molecule has 0 saturated heterocycles. The third-order valence-corrected chi connectivity index (χ3v) is 4.29. The first-order chi connectivity index (χ1) is 9.13. The van der Waals surface area contributed by atoms with Gasteiger partial charge in [0.25, 0.3) is 0 Å². The van der Waals surface area contributed by atoms with E-state index in [2.05, 4.69) is 66.5 Å². The van der Waals surface area contributed by atoms with Crippen molar-refractivity contribution in [3.63, 3.8) is 0 Å². The molecule has 1 N–H and O–H groups in total. The number of nitrogens with zero attached hydrogens (tertiary/aromatic N) is 3. The molecule has 2 aromatic rings. The summed E-state index contributed by atoms with van der Waals surface area (Å²) in [6.07, 6.45) is 4.53. The van der Waals surface area contributed by atoms with E-state index in [1.807, 2.05) is 6.20 Å². The van der Waals surface area contributed by atoms with E-state index in [1.54, 1.807) is 4.68 Å². The zero-order chi connectivity index (χ0) is 13.4. The molecule has 3 rings (SSSR count). The molecule has 1 aromatic carbocycles. The predicted octanol–water partition coefficient (Wildman–Crippen LogP) is 3.35. The molecule has 1 aliphatic rings. The fourth-order valence-corrected chi connectivity index (χ4v) is 3.71. The molecule has 1 aliphatic carbocycles. The molecule has 19 heavy (non-hydrogen) atoms. The van der Waals surface area contributed by atoms with Crippen molar-refractivity contribution in [2.45, 2.75) is 32.4 Å². The average molecular weight is 386 g/mol. The summed E-state index contributed by atoms with van der Waals surface area (Å²) >= 11 is 7.16. The van der Waals surface area contributed by atoms with Crippen LogP contribution in [0.5, 0.6) is 0 Å². The summed E-state index contributed by atoms with van der Waals surface area (Å²) < 4.78 is 3.81. The minimum atomic E-state index is 0.683. The maximum absolute atomic E-state index is 4.21. The van der Waals surface area contributed by atoms with E-state index in [-0.39, 0.29) is 0 Å². The van der Waals surface area contributed by atoms with Gasteiger partial charge in [-0.2, -0.15) is 0 Å². The molecule has 0 unspecified atom stereocenters. The van der Waals surface area contributed by atoms with Crippen molar-refractivity contribution in [3.05, 3.63) is 38.5 Å².